The van der Waals surface area contributed by atoms with Gasteiger partial charge in [-0.15, -0.1) is 0 Å². The van der Waals surface area contributed by atoms with E-state index in [1.807, 2.05) is 0 Å². The molecule has 29 heavy (non-hydrogen) atoms. The Hall–Kier alpha value is -2.44. The molecule has 0 unspecified atom stereocenters. The summed E-state index contributed by atoms with van der Waals surface area (Å²) in [6, 6.07) is 8.17. The first-order valence-corrected chi connectivity index (χ1v) is 10.2. The predicted molar refractivity (Wildman–Crippen MR) is 110 cm³/mol. The maximum atomic E-state index is 12.7. The standard InChI is InChI=1S/C23H27N3O3/c1-13-4-5-14-10-19-23(29)11-15-9-16(20(24)27)21(28)26(3)18(15)12-22(23,17(14)8-13)6-7-25(19)2/h4-5,8-9,19,29H,6-7,10-12H2,1-3H3,(H2,24,27)/t19-,22-,23-/m1/s1. The van der Waals surface area contributed by atoms with Crippen molar-refractivity contribution in [2.45, 2.75) is 49.7 Å². The van der Waals surface area contributed by atoms with Gasteiger partial charge in [-0.1, -0.05) is 23.8 Å². The summed E-state index contributed by atoms with van der Waals surface area (Å²) in [6.45, 7) is 2.99. The van der Waals surface area contributed by atoms with Crippen LogP contribution in [0, 0.1) is 6.92 Å². The number of hydrogen-bond acceptors (Lipinski definition) is 4. The molecular formula is C23H27N3O3. The second-order valence-corrected chi connectivity index (χ2v) is 9.23. The highest BCUT2D eigenvalue weighted by Crippen LogP contribution is 2.56. The van der Waals surface area contributed by atoms with Gasteiger partial charge < -0.3 is 20.3 Å². The highest BCUT2D eigenvalue weighted by atomic mass is 16.3. The molecule has 6 nitrogen and oxygen atoms in total. The molecule has 5 rings (SSSR count). The number of aryl methyl sites for hydroxylation is 1. The molecule has 6 heteroatoms. The van der Waals surface area contributed by atoms with Crippen LogP contribution in [0.25, 0.3) is 0 Å². The molecule has 3 N–H and O–H groups in total. The van der Waals surface area contributed by atoms with E-state index < -0.39 is 16.9 Å². The lowest BCUT2D eigenvalue weighted by atomic mass is 9.49. The Morgan fingerprint density at radius 1 is 1.21 bits per heavy atom. The van der Waals surface area contributed by atoms with Gasteiger partial charge in [-0.2, -0.15) is 0 Å². The Labute approximate surface area is 169 Å². The van der Waals surface area contributed by atoms with Gasteiger partial charge >= 0.3 is 0 Å². The molecule has 2 heterocycles. The van der Waals surface area contributed by atoms with Crippen LogP contribution in [-0.4, -0.2) is 45.7 Å². The summed E-state index contributed by atoms with van der Waals surface area (Å²) in [5, 5.41) is 12.3. The molecule has 1 fully saturated rings. The van der Waals surface area contributed by atoms with Crippen LogP contribution < -0.4 is 11.3 Å². The van der Waals surface area contributed by atoms with E-state index in [2.05, 4.69) is 37.1 Å². The first-order chi connectivity index (χ1) is 13.7. The summed E-state index contributed by atoms with van der Waals surface area (Å²) >= 11 is 0. The minimum Gasteiger partial charge on any atom is -0.387 e. The van der Waals surface area contributed by atoms with E-state index in [9.17, 15) is 14.7 Å². The third-order valence-corrected chi connectivity index (χ3v) is 7.82. The Bertz CT molecular complexity index is 1120. The molecule has 0 radical (unpaired) electrons. The zero-order valence-electron chi connectivity index (χ0n) is 17.2. The van der Waals surface area contributed by atoms with Crippen molar-refractivity contribution in [3.8, 4) is 0 Å². The molecular weight excluding hydrogens is 366 g/mol. The van der Waals surface area contributed by atoms with Crippen molar-refractivity contribution in [1.29, 1.82) is 0 Å². The molecule has 2 aliphatic carbocycles. The van der Waals surface area contributed by atoms with E-state index >= 15 is 0 Å². The number of piperidine rings is 1. The van der Waals surface area contributed by atoms with Gasteiger partial charge in [-0.05, 0) is 56.1 Å². The minimum atomic E-state index is -0.958. The van der Waals surface area contributed by atoms with Crippen LogP contribution in [0.2, 0.25) is 0 Å². The number of carbonyl (C=O) groups excluding carboxylic acids is 1. The molecule has 3 aliphatic rings. The number of likely N-dealkylation sites (tertiary alicyclic amines) is 1. The molecule has 1 amide bonds. The van der Waals surface area contributed by atoms with Gasteiger partial charge in [-0.3, -0.25) is 9.59 Å². The Morgan fingerprint density at radius 3 is 2.69 bits per heavy atom. The topological polar surface area (TPSA) is 88.6 Å². The van der Waals surface area contributed by atoms with E-state index in [4.69, 9.17) is 5.73 Å². The van der Waals surface area contributed by atoms with Crippen LogP contribution in [0.1, 0.15) is 44.7 Å². The molecule has 1 aromatic heterocycles. The van der Waals surface area contributed by atoms with Crippen molar-refractivity contribution in [1.82, 2.24) is 9.47 Å². The zero-order chi connectivity index (χ0) is 20.7. The summed E-state index contributed by atoms with van der Waals surface area (Å²) in [5.74, 6) is -0.720. The van der Waals surface area contributed by atoms with Gasteiger partial charge in [-0.25, -0.2) is 0 Å². The number of pyridine rings is 1. The summed E-state index contributed by atoms with van der Waals surface area (Å²) in [6.07, 6.45) is 2.63. The number of nitrogens with two attached hydrogens (primary N) is 1. The van der Waals surface area contributed by atoms with Crippen LogP contribution in [0.3, 0.4) is 0 Å². The van der Waals surface area contributed by atoms with Gasteiger partial charge in [0.2, 0.25) is 0 Å². The summed E-state index contributed by atoms with van der Waals surface area (Å²) in [7, 11) is 3.79. The number of hydrogen-bond donors (Lipinski definition) is 2. The Kier molecular flexibility index (Phi) is 3.72. The number of likely N-dealkylation sites (N-methyl/N-ethyl adjacent to an activating group) is 1. The Balaban J connectivity index is 1.80. The summed E-state index contributed by atoms with van der Waals surface area (Å²) in [4.78, 5) is 26.8. The first-order valence-electron chi connectivity index (χ1n) is 10.2. The van der Waals surface area contributed by atoms with Gasteiger partial charge in [0.15, 0.2) is 0 Å². The van der Waals surface area contributed by atoms with Crippen LogP contribution in [0.4, 0.5) is 0 Å². The third kappa shape index (κ3) is 2.24. The molecule has 0 spiro atoms. The average molecular weight is 393 g/mol. The molecule has 2 bridgehead atoms. The first kappa shape index (κ1) is 18.6. The van der Waals surface area contributed by atoms with Gasteiger partial charge in [0, 0.05) is 37.0 Å². The number of amides is 1. The molecule has 1 saturated heterocycles. The van der Waals surface area contributed by atoms with Crippen LogP contribution >= 0.6 is 0 Å². The molecule has 2 aromatic rings. The van der Waals surface area contributed by atoms with E-state index in [-0.39, 0.29) is 17.2 Å². The molecule has 1 aliphatic heterocycles. The van der Waals surface area contributed by atoms with Crippen molar-refractivity contribution in [2.75, 3.05) is 13.6 Å². The minimum absolute atomic E-state index is 0.00336. The quantitative estimate of drug-likeness (QED) is 0.751. The maximum Gasteiger partial charge on any atom is 0.263 e. The number of primary amides is 1. The lowest BCUT2D eigenvalue weighted by molar-refractivity contribution is -0.145. The highest BCUT2D eigenvalue weighted by molar-refractivity contribution is 5.92. The summed E-state index contributed by atoms with van der Waals surface area (Å²) in [5.41, 5.74) is 9.15. The number of aliphatic hydroxyl groups is 1. The van der Waals surface area contributed by atoms with Crippen molar-refractivity contribution in [3.63, 3.8) is 0 Å². The number of aromatic nitrogens is 1. The van der Waals surface area contributed by atoms with Crippen molar-refractivity contribution >= 4 is 5.91 Å². The normalized spacial score (nSPS) is 30.3. The fraction of sp³-hybridized carbons (Fsp3) is 0.478. The number of rotatable bonds is 1. The van der Waals surface area contributed by atoms with Crippen LogP contribution in [0.5, 0.6) is 0 Å². The smallest absolute Gasteiger partial charge is 0.263 e. The van der Waals surface area contributed by atoms with Crippen molar-refractivity contribution < 1.29 is 9.90 Å². The molecule has 1 aromatic carbocycles. The fourth-order valence-electron chi connectivity index (χ4n) is 6.24. The monoisotopic (exact) mass is 393 g/mol. The number of fused-ring (bicyclic) bond motifs is 2. The SMILES string of the molecule is Cc1ccc2c(c1)[C@]13CCN(C)[C@H](C2)[C@]1(O)Cc1cc(C(N)=O)c(=O)n(C)c1C3. The fourth-order valence-corrected chi connectivity index (χ4v) is 6.24. The van der Waals surface area contributed by atoms with Crippen LogP contribution in [-0.2, 0) is 31.7 Å². The second kappa shape index (κ2) is 5.80. The van der Waals surface area contributed by atoms with Crippen molar-refractivity contribution in [3.05, 3.63) is 68.1 Å². The Morgan fingerprint density at radius 2 is 1.97 bits per heavy atom. The lowest BCUT2D eigenvalue weighted by Crippen LogP contribution is -2.73. The van der Waals surface area contributed by atoms with Crippen molar-refractivity contribution in [2.24, 2.45) is 12.8 Å². The third-order valence-electron chi connectivity index (χ3n) is 7.82. The van der Waals surface area contributed by atoms with Gasteiger partial charge in [0.1, 0.15) is 5.56 Å². The predicted octanol–water partition coefficient (Wildman–Crippen LogP) is 0.821. The average Bonchev–Trinajstić information content (AvgIpc) is 2.66. The second-order valence-electron chi connectivity index (χ2n) is 9.23. The van der Waals surface area contributed by atoms with E-state index in [1.165, 1.54) is 16.7 Å². The van der Waals surface area contributed by atoms with Gasteiger partial charge in [0.25, 0.3) is 11.5 Å². The van der Waals surface area contributed by atoms with E-state index in [0.29, 0.717) is 12.8 Å². The zero-order valence-corrected chi connectivity index (χ0v) is 17.2. The number of carbonyl (C=O) groups is 1. The summed E-state index contributed by atoms with van der Waals surface area (Å²) < 4.78 is 1.57. The molecule has 152 valence electrons. The van der Waals surface area contributed by atoms with E-state index in [1.54, 1.807) is 17.7 Å². The molecule has 0 saturated carbocycles. The number of benzene rings is 1. The highest BCUT2D eigenvalue weighted by Gasteiger charge is 2.64. The maximum absolute atomic E-state index is 12.7. The molecule has 3 atom stereocenters. The van der Waals surface area contributed by atoms with Crippen LogP contribution in [0.15, 0.2) is 29.1 Å². The van der Waals surface area contributed by atoms with Gasteiger partial charge in [0.05, 0.1) is 5.60 Å². The van der Waals surface area contributed by atoms with E-state index in [0.717, 1.165) is 30.6 Å². The number of nitrogens with zero attached hydrogens (tertiary/aromatic N) is 2. The largest absolute Gasteiger partial charge is 0.387 e. The lowest BCUT2D eigenvalue weighted by Gasteiger charge is -2.63.